The number of halogens is 1. The van der Waals surface area contributed by atoms with Gasteiger partial charge in [-0.05, 0) is 30.2 Å². The van der Waals surface area contributed by atoms with Gasteiger partial charge in [0.15, 0.2) is 0 Å². The molecule has 0 bridgehead atoms. The predicted molar refractivity (Wildman–Crippen MR) is 85.4 cm³/mol. The molecule has 0 spiro atoms. The van der Waals surface area contributed by atoms with Crippen molar-refractivity contribution in [2.24, 2.45) is 0 Å². The zero-order chi connectivity index (χ0) is 14.8. The van der Waals surface area contributed by atoms with Crippen molar-refractivity contribution in [3.63, 3.8) is 0 Å². The van der Waals surface area contributed by atoms with Crippen molar-refractivity contribution in [3.05, 3.63) is 64.7 Å². The maximum atomic E-state index is 12.6. The highest BCUT2D eigenvalue weighted by atomic mass is 35.5. The molecule has 2 aromatic carbocycles. The van der Waals surface area contributed by atoms with E-state index in [1.807, 2.05) is 60.4 Å². The van der Waals surface area contributed by atoms with Gasteiger partial charge in [0.1, 0.15) is 0 Å². The van der Waals surface area contributed by atoms with Crippen LogP contribution in [0.5, 0.6) is 0 Å². The SMILES string of the molecule is CC1NCc2ccccc2N(Cc2ccccc2Cl)C1=O. The van der Waals surface area contributed by atoms with Crippen molar-refractivity contribution >= 4 is 23.2 Å². The molecule has 108 valence electrons. The molecular weight excluding hydrogens is 284 g/mol. The Bertz CT molecular complexity index is 671. The third-order valence-corrected chi connectivity index (χ3v) is 4.17. The molecule has 4 heteroatoms. The number of anilines is 1. The Labute approximate surface area is 129 Å². The Hall–Kier alpha value is -1.84. The monoisotopic (exact) mass is 300 g/mol. The fourth-order valence-electron chi connectivity index (χ4n) is 2.59. The molecule has 1 aliphatic heterocycles. The molecule has 0 saturated heterocycles. The molecule has 0 fully saturated rings. The molecule has 1 amide bonds. The number of nitrogens with zero attached hydrogens (tertiary/aromatic N) is 1. The van der Waals surface area contributed by atoms with Gasteiger partial charge in [0, 0.05) is 17.3 Å². The first-order valence-corrected chi connectivity index (χ1v) is 7.40. The Morgan fingerprint density at radius 2 is 1.90 bits per heavy atom. The molecule has 1 aliphatic rings. The third kappa shape index (κ3) is 2.80. The van der Waals surface area contributed by atoms with Crippen molar-refractivity contribution in [1.29, 1.82) is 0 Å². The highest BCUT2D eigenvalue weighted by Gasteiger charge is 2.27. The molecule has 0 aliphatic carbocycles. The van der Waals surface area contributed by atoms with Gasteiger partial charge in [-0.2, -0.15) is 0 Å². The van der Waals surface area contributed by atoms with Gasteiger partial charge in [-0.1, -0.05) is 48.0 Å². The maximum absolute atomic E-state index is 12.6. The number of benzene rings is 2. The fraction of sp³-hybridized carbons (Fsp3) is 0.235. The van der Waals surface area contributed by atoms with Crippen LogP contribution in [-0.4, -0.2) is 11.9 Å². The van der Waals surface area contributed by atoms with Crippen LogP contribution < -0.4 is 10.2 Å². The lowest BCUT2D eigenvalue weighted by molar-refractivity contribution is -0.120. The number of carbonyl (C=O) groups is 1. The summed E-state index contributed by atoms with van der Waals surface area (Å²) in [5, 5.41) is 3.94. The third-order valence-electron chi connectivity index (χ3n) is 3.80. The Morgan fingerprint density at radius 1 is 1.19 bits per heavy atom. The summed E-state index contributed by atoms with van der Waals surface area (Å²) in [7, 11) is 0. The summed E-state index contributed by atoms with van der Waals surface area (Å²) in [6.45, 7) is 3.08. The van der Waals surface area contributed by atoms with E-state index in [0.29, 0.717) is 18.1 Å². The summed E-state index contributed by atoms with van der Waals surface area (Å²) in [6, 6.07) is 15.4. The summed E-state index contributed by atoms with van der Waals surface area (Å²) >= 11 is 6.24. The highest BCUT2D eigenvalue weighted by molar-refractivity contribution is 6.31. The first kappa shape index (κ1) is 14.1. The smallest absolute Gasteiger partial charge is 0.244 e. The number of hydrogen-bond donors (Lipinski definition) is 1. The molecule has 1 atom stereocenters. The van der Waals surface area contributed by atoms with Gasteiger partial charge in [-0.25, -0.2) is 0 Å². The Kier molecular flexibility index (Phi) is 3.95. The van der Waals surface area contributed by atoms with Crippen LogP contribution in [0.15, 0.2) is 48.5 Å². The molecule has 1 unspecified atom stereocenters. The molecule has 2 aromatic rings. The largest absolute Gasteiger partial charge is 0.306 e. The standard InChI is InChI=1S/C17H17ClN2O/c1-12-17(21)20(11-14-7-2-4-8-15(14)18)16-9-5-3-6-13(16)10-19-12/h2-9,12,19H,10-11H2,1H3. The van der Waals surface area contributed by atoms with Gasteiger partial charge < -0.3 is 10.2 Å². The van der Waals surface area contributed by atoms with Gasteiger partial charge >= 0.3 is 0 Å². The predicted octanol–water partition coefficient (Wildman–Crippen LogP) is 3.36. The summed E-state index contributed by atoms with van der Waals surface area (Å²) in [5.74, 6) is 0.0693. The van der Waals surface area contributed by atoms with Crippen molar-refractivity contribution in [2.45, 2.75) is 26.1 Å². The van der Waals surface area contributed by atoms with E-state index in [1.165, 1.54) is 0 Å². The minimum absolute atomic E-state index is 0.0693. The van der Waals surface area contributed by atoms with Gasteiger partial charge in [0.25, 0.3) is 0 Å². The average molecular weight is 301 g/mol. The van der Waals surface area contributed by atoms with Crippen LogP contribution in [0.3, 0.4) is 0 Å². The lowest BCUT2D eigenvalue weighted by Crippen LogP contribution is -2.42. The zero-order valence-electron chi connectivity index (χ0n) is 11.8. The van der Waals surface area contributed by atoms with Gasteiger partial charge in [0.05, 0.1) is 12.6 Å². The lowest BCUT2D eigenvalue weighted by atomic mass is 10.1. The van der Waals surface area contributed by atoms with Crippen molar-refractivity contribution in [2.75, 3.05) is 4.90 Å². The molecule has 3 nitrogen and oxygen atoms in total. The Balaban J connectivity index is 2.01. The first-order chi connectivity index (χ1) is 10.2. The second kappa shape index (κ2) is 5.88. The molecule has 1 heterocycles. The van der Waals surface area contributed by atoms with Crippen LogP contribution in [0.2, 0.25) is 5.02 Å². The van der Waals surface area contributed by atoms with Crippen LogP contribution >= 0.6 is 11.6 Å². The molecule has 0 aromatic heterocycles. The van der Waals surface area contributed by atoms with E-state index in [-0.39, 0.29) is 11.9 Å². The first-order valence-electron chi connectivity index (χ1n) is 7.03. The second-order valence-electron chi connectivity index (χ2n) is 5.25. The maximum Gasteiger partial charge on any atom is 0.244 e. The summed E-state index contributed by atoms with van der Waals surface area (Å²) in [5.41, 5.74) is 3.04. The number of hydrogen-bond acceptors (Lipinski definition) is 2. The van der Waals surface area contributed by atoms with Crippen molar-refractivity contribution in [1.82, 2.24) is 5.32 Å². The normalized spacial score (nSPS) is 18.3. The van der Waals surface area contributed by atoms with Gasteiger partial charge in [-0.3, -0.25) is 4.79 Å². The number of carbonyl (C=O) groups excluding carboxylic acids is 1. The van der Waals surface area contributed by atoms with E-state index in [4.69, 9.17) is 11.6 Å². The van der Waals surface area contributed by atoms with Gasteiger partial charge in [0.2, 0.25) is 5.91 Å². The van der Waals surface area contributed by atoms with Crippen LogP contribution in [0, 0.1) is 0 Å². The number of rotatable bonds is 2. The van der Waals surface area contributed by atoms with Crippen molar-refractivity contribution < 1.29 is 4.79 Å². The minimum Gasteiger partial charge on any atom is -0.306 e. The van der Waals surface area contributed by atoms with Crippen molar-refractivity contribution in [3.8, 4) is 0 Å². The molecule has 0 saturated carbocycles. The van der Waals surface area contributed by atoms with Crippen LogP contribution in [0.4, 0.5) is 5.69 Å². The van der Waals surface area contributed by atoms with E-state index in [2.05, 4.69) is 5.32 Å². The van der Waals surface area contributed by atoms with Crippen LogP contribution in [-0.2, 0) is 17.9 Å². The highest BCUT2D eigenvalue weighted by Crippen LogP contribution is 2.27. The molecular formula is C17H17ClN2O. The number of amides is 1. The van der Waals surface area contributed by atoms with E-state index in [9.17, 15) is 4.79 Å². The summed E-state index contributed by atoms with van der Waals surface area (Å²) in [6.07, 6.45) is 0. The number of fused-ring (bicyclic) bond motifs is 1. The van der Waals surface area contributed by atoms with E-state index in [1.54, 1.807) is 0 Å². The average Bonchev–Trinajstić information content (AvgIpc) is 2.62. The van der Waals surface area contributed by atoms with E-state index < -0.39 is 0 Å². The molecule has 1 N–H and O–H groups in total. The zero-order valence-corrected chi connectivity index (χ0v) is 12.6. The van der Waals surface area contributed by atoms with Crippen LogP contribution in [0.1, 0.15) is 18.1 Å². The lowest BCUT2D eigenvalue weighted by Gasteiger charge is -2.25. The van der Waals surface area contributed by atoms with Crippen LogP contribution in [0.25, 0.3) is 0 Å². The van der Waals surface area contributed by atoms with Gasteiger partial charge in [-0.15, -0.1) is 0 Å². The minimum atomic E-state index is -0.208. The number of nitrogens with one attached hydrogen (secondary N) is 1. The summed E-state index contributed by atoms with van der Waals surface area (Å²) < 4.78 is 0. The van der Waals surface area contributed by atoms with E-state index >= 15 is 0 Å². The Morgan fingerprint density at radius 3 is 2.71 bits per heavy atom. The topological polar surface area (TPSA) is 32.3 Å². The molecule has 3 rings (SSSR count). The molecule has 21 heavy (non-hydrogen) atoms. The fourth-order valence-corrected chi connectivity index (χ4v) is 2.78. The second-order valence-corrected chi connectivity index (χ2v) is 5.65. The molecule has 0 radical (unpaired) electrons. The summed E-state index contributed by atoms with van der Waals surface area (Å²) in [4.78, 5) is 14.5. The van der Waals surface area contributed by atoms with E-state index in [0.717, 1.165) is 16.8 Å². The quantitative estimate of drug-likeness (QED) is 0.922. The number of para-hydroxylation sites is 1.